The Bertz CT molecular complexity index is 713. The van der Waals surface area contributed by atoms with Crippen LogP contribution in [0, 0.1) is 20.8 Å². The Morgan fingerprint density at radius 1 is 1.09 bits per heavy atom. The van der Waals surface area contributed by atoms with Gasteiger partial charge in [0.25, 0.3) is 5.91 Å². The summed E-state index contributed by atoms with van der Waals surface area (Å²) in [6.45, 7) is 7.90. The number of benzene rings is 2. The molecule has 3 nitrogen and oxygen atoms in total. The van der Waals surface area contributed by atoms with Gasteiger partial charge in [0.1, 0.15) is 5.75 Å². The lowest BCUT2D eigenvalue weighted by Crippen LogP contribution is -2.32. The molecule has 0 spiro atoms. The van der Waals surface area contributed by atoms with Crippen molar-refractivity contribution in [3.63, 3.8) is 0 Å². The number of hydrogen-bond acceptors (Lipinski definition) is 2. The molecule has 1 atom stereocenters. The Labute approximate surface area is 142 Å². The summed E-state index contributed by atoms with van der Waals surface area (Å²) in [5.74, 6) is 0.498. The van der Waals surface area contributed by atoms with Gasteiger partial charge in [0.15, 0.2) is 6.10 Å². The largest absolute Gasteiger partial charge is 0.481 e. The molecule has 0 saturated heterocycles. The fraction of sp³-hybridized carbons (Fsp3) is 0.316. The van der Waals surface area contributed by atoms with Crippen molar-refractivity contribution in [2.45, 2.75) is 40.2 Å². The monoisotopic (exact) mass is 331 g/mol. The molecule has 0 heterocycles. The van der Waals surface area contributed by atoms with E-state index >= 15 is 0 Å². The highest BCUT2D eigenvalue weighted by molar-refractivity contribution is 6.31. The van der Waals surface area contributed by atoms with Crippen molar-refractivity contribution >= 4 is 23.2 Å². The number of amides is 1. The van der Waals surface area contributed by atoms with E-state index in [9.17, 15) is 4.79 Å². The Morgan fingerprint density at radius 3 is 2.43 bits per heavy atom. The van der Waals surface area contributed by atoms with Crippen LogP contribution in [0.3, 0.4) is 0 Å². The predicted octanol–water partition coefficient (Wildman–Crippen LogP) is 5.06. The Kier molecular flexibility index (Phi) is 5.67. The summed E-state index contributed by atoms with van der Waals surface area (Å²) in [5.41, 5.74) is 4.05. The highest BCUT2D eigenvalue weighted by Gasteiger charge is 2.19. The van der Waals surface area contributed by atoms with Gasteiger partial charge in [-0.05, 0) is 74.2 Å². The van der Waals surface area contributed by atoms with E-state index in [0.717, 1.165) is 16.8 Å². The van der Waals surface area contributed by atoms with Gasteiger partial charge < -0.3 is 10.1 Å². The molecule has 2 aromatic carbocycles. The zero-order chi connectivity index (χ0) is 17.0. The molecule has 23 heavy (non-hydrogen) atoms. The molecule has 0 fully saturated rings. The van der Waals surface area contributed by atoms with Crippen molar-refractivity contribution in [2.24, 2.45) is 0 Å². The molecule has 0 bridgehead atoms. The molecule has 4 heteroatoms. The summed E-state index contributed by atoms with van der Waals surface area (Å²) in [5, 5.41) is 3.60. The van der Waals surface area contributed by atoms with Crippen LogP contribution in [0.25, 0.3) is 0 Å². The second-order valence-corrected chi connectivity index (χ2v) is 6.12. The molecule has 1 unspecified atom stereocenters. The average molecular weight is 332 g/mol. The van der Waals surface area contributed by atoms with Crippen molar-refractivity contribution in [3.8, 4) is 5.75 Å². The summed E-state index contributed by atoms with van der Waals surface area (Å²) < 4.78 is 5.82. The zero-order valence-corrected chi connectivity index (χ0v) is 14.7. The summed E-state index contributed by atoms with van der Waals surface area (Å²) in [7, 11) is 0. The summed E-state index contributed by atoms with van der Waals surface area (Å²) >= 11 is 6.01. The highest BCUT2D eigenvalue weighted by Crippen LogP contribution is 2.23. The van der Waals surface area contributed by atoms with Gasteiger partial charge in [0.05, 0.1) is 0 Å². The van der Waals surface area contributed by atoms with Crippen molar-refractivity contribution in [1.82, 2.24) is 0 Å². The Hall–Kier alpha value is -2.00. The highest BCUT2D eigenvalue weighted by atomic mass is 35.5. The first-order valence-corrected chi connectivity index (χ1v) is 8.09. The maximum absolute atomic E-state index is 12.4. The molecule has 0 aliphatic heterocycles. The predicted molar refractivity (Wildman–Crippen MR) is 95.4 cm³/mol. The molecule has 0 aromatic heterocycles. The third-order valence-electron chi connectivity index (χ3n) is 3.85. The van der Waals surface area contributed by atoms with Gasteiger partial charge in [-0.1, -0.05) is 24.6 Å². The first-order chi connectivity index (χ1) is 10.9. The van der Waals surface area contributed by atoms with E-state index in [1.807, 2.05) is 52.0 Å². The molecule has 0 aliphatic carbocycles. The summed E-state index contributed by atoms with van der Waals surface area (Å²) in [6, 6.07) is 11.3. The molecule has 0 saturated carbocycles. The minimum Gasteiger partial charge on any atom is -0.481 e. The first-order valence-electron chi connectivity index (χ1n) is 7.71. The lowest BCUT2D eigenvalue weighted by molar-refractivity contribution is -0.122. The SMILES string of the molecule is CCC(Oc1ccc(Cl)c(C)c1)C(=O)Nc1ccc(C)c(C)c1. The number of anilines is 1. The maximum Gasteiger partial charge on any atom is 0.265 e. The van der Waals surface area contributed by atoms with Crippen LogP contribution in [-0.2, 0) is 4.79 Å². The van der Waals surface area contributed by atoms with Gasteiger partial charge in [-0.2, -0.15) is 0 Å². The zero-order valence-electron chi connectivity index (χ0n) is 13.9. The van der Waals surface area contributed by atoms with Crippen LogP contribution in [0.2, 0.25) is 5.02 Å². The Balaban J connectivity index is 2.08. The summed E-state index contributed by atoms with van der Waals surface area (Å²) in [4.78, 5) is 12.4. The second-order valence-electron chi connectivity index (χ2n) is 5.71. The van der Waals surface area contributed by atoms with Gasteiger partial charge in [0.2, 0.25) is 0 Å². The summed E-state index contributed by atoms with van der Waals surface area (Å²) in [6.07, 6.45) is 0.0374. The van der Waals surface area contributed by atoms with Crippen molar-refractivity contribution in [1.29, 1.82) is 0 Å². The molecule has 1 N–H and O–H groups in total. The average Bonchev–Trinajstić information content (AvgIpc) is 2.52. The molecule has 0 aliphatic rings. The van der Waals surface area contributed by atoms with E-state index < -0.39 is 6.10 Å². The molecule has 1 amide bonds. The number of rotatable bonds is 5. The Morgan fingerprint density at radius 2 is 1.83 bits per heavy atom. The topological polar surface area (TPSA) is 38.3 Å². The van der Waals surface area contributed by atoms with Crippen molar-refractivity contribution in [3.05, 3.63) is 58.1 Å². The maximum atomic E-state index is 12.4. The van der Waals surface area contributed by atoms with Gasteiger partial charge in [-0.15, -0.1) is 0 Å². The van der Waals surface area contributed by atoms with Gasteiger partial charge in [-0.25, -0.2) is 0 Å². The van der Waals surface area contributed by atoms with E-state index in [1.54, 1.807) is 12.1 Å². The van der Waals surface area contributed by atoms with Crippen LogP contribution < -0.4 is 10.1 Å². The molecule has 122 valence electrons. The van der Waals surface area contributed by atoms with Crippen LogP contribution in [0.15, 0.2) is 36.4 Å². The molecule has 2 rings (SSSR count). The lowest BCUT2D eigenvalue weighted by atomic mass is 10.1. The van der Waals surface area contributed by atoms with E-state index in [-0.39, 0.29) is 5.91 Å². The third kappa shape index (κ3) is 4.49. The molecule has 0 radical (unpaired) electrons. The fourth-order valence-electron chi connectivity index (χ4n) is 2.22. The first kappa shape index (κ1) is 17.4. The number of carbonyl (C=O) groups excluding carboxylic acids is 1. The van der Waals surface area contributed by atoms with Crippen molar-refractivity contribution in [2.75, 3.05) is 5.32 Å². The fourth-order valence-corrected chi connectivity index (χ4v) is 2.34. The van der Waals surface area contributed by atoms with E-state index in [0.29, 0.717) is 17.2 Å². The number of ether oxygens (including phenoxy) is 1. The third-order valence-corrected chi connectivity index (χ3v) is 4.27. The van der Waals surface area contributed by atoms with Crippen LogP contribution in [-0.4, -0.2) is 12.0 Å². The van der Waals surface area contributed by atoms with E-state index in [4.69, 9.17) is 16.3 Å². The van der Waals surface area contributed by atoms with Crippen LogP contribution in [0.1, 0.15) is 30.0 Å². The number of nitrogens with one attached hydrogen (secondary N) is 1. The number of hydrogen-bond donors (Lipinski definition) is 1. The van der Waals surface area contributed by atoms with Gasteiger partial charge in [0, 0.05) is 10.7 Å². The normalized spacial score (nSPS) is 11.9. The van der Waals surface area contributed by atoms with Gasteiger partial charge in [-0.3, -0.25) is 4.79 Å². The quantitative estimate of drug-likeness (QED) is 0.831. The standard InChI is InChI=1S/C19H22ClNO2/c1-5-18(23-16-8-9-17(20)14(4)11-16)19(22)21-15-7-6-12(2)13(3)10-15/h6-11,18H,5H2,1-4H3,(H,21,22). The lowest BCUT2D eigenvalue weighted by Gasteiger charge is -2.18. The minimum absolute atomic E-state index is 0.150. The smallest absolute Gasteiger partial charge is 0.265 e. The van der Waals surface area contributed by atoms with Crippen molar-refractivity contribution < 1.29 is 9.53 Å². The number of halogens is 1. The van der Waals surface area contributed by atoms with Crippen LogP contribution >= 0.6 is 11.6 Å². The van der Waals surface area contributed by atoms with E-state index in [1.165, 1.54) is 5.56 Å². The van der Waals surface area contributed by atoms with Gasteiger partial charge >= 0.3 is 0 Å². The van der Waals surface area contributed by atoms with E-state index in [2.05, 4.69) is 5.32 Å². The minimum atomic E-state index is -0.544. The number of carbonyl (C=O) groups is 1. The second kappa shape index (κ2) is 7.51. The van der Waals surface area contributed by atoms with Crippen LogP contribution in [0.5, 0.6) is 5.75 Å². The molecular weight excluding hydrogens is 310 g/mol. The number of aryl methyl sites for hydroxylation is 3. The molecular formula is C19H22ClNO2. The van der Waals surface area contributed by atoms with Crippen LogP contribution in [0.4, 0.5) is 5.69 Å². The molecule has 2 aromatic rings.